The largest absolute Gasteiger partial charge is 0.469 e. The van der Waals surface area contributed by atoms with Crippen LogP contribution in [0.25, 0.3) is 0 Å². The zero-order valence-corrected chi connectivity index (χ0v) is 9.27. The molecule has 5 nitrogen and oxygen atoms in total. The molecule has 0 spiro atoms. The summed E-state index contributed by atoms with van der Waals surface area (Å²) in [6.07, 6.45) is 6.02. The Labute approximate surface area is 94.0 Å². The first-order valence-corrected chi connectivity index (χ1v) is 5.31. The molecule has 1 atom stereocenters. The lowest BCUT2D eigenvalue weighted by Gasteiger charge is -2.33. The number of aromatic nitrogens is 2. The van der Waals surface area contributed by atoms with Crippen LogP contribution in [0.2, 0.25) is 0 Å². The minimum atomic E-state index is -0.665. The highest BCUT2D eigenvalue weighted by molar-refractivity contribution is 5.71. The van der Waals surface area contributed by atoms with Gasteiger partial charge in [-0.2, -0.15) is 0 Å². The van der Waals surface area contributed by atoms with Gasteiger partial charge in [0.25, 0.3) is 0 Å². The lowest BCUT2D eigenvalue weighted by Crippen LogP contribution is -2.42. The van der Waals surface area contributed by atoms with Crippen LogP contribution in [0, 0.1) is 0 Å². The molecule has 0 unspecified atom stereocenters. The van der Waals surface area contributed by atoms with Crippen LogP contribution in [0.3, 0.4) is 0 Å². The van der Waals surface area contributed by atoms with Gasteiger partial charge in [-0.05, 0) is 19.3 Å². The smallest absolute Gasteiger partial charge is 0.307 e. The van der Waals surface area contributed by atoms with E-state index < -0.39 is 5.54 Å². The molecule has 1 aromatic heterocycles. The highest BCUT2D eigenvalue weighted by Crippen LogP contribution is 2.34. The van der Waals surface area contributed by atoms with Gasteiger partial charge in [0.05, 0.1) is 19.1 Å². The lowest BCUT2D eigenvalue weighted by molar-refractivity contribution is -0.142. The molecular weight excluding hydrogens is 206 g/mol. The first-order valence-electron chi connectivity index (χ1n) is 5.31. The number of ether oxygens (including phenoxy) is 1. The van der Waals surface area contributed by atoms with Crippen molar-refractivity contribution in [2.45, 2.75) is 31.2 Å². The first kappa shape index (κ1) is 11.0. The molecule has 0 radical (unpaired) electrons. The second-order valence-electron chi connectivity index (χ2n) is 4.15. The summed E-state index contributed by atoms with van der Waals surface area (Å²) in [7, 11) is 1.37. The summed E-state index contributed by atoms with van der Waals surface area (Å²) < 4.78 is 4.67. The molecule has 2 N–H and O–H groups in total. The van der Waals surface area contributed by atoms with Crippen LogP contribution in [-0.4, -0.2) is 23.0 Å². The van der Waals surface area contributed by atoms with Crippen molar-refractivity contribution in [2.75, 3.05) is 7.11 Å². The second-order valence-corrected chi connectivity index (χ2v) is 4.15. The van der Waals surface area contributed by atoms with E-state index in [-0.39, 0.29) is 12.4 Å². The molecule has 0 amide bonds. The van der Waals surface area contributed by atoms with E-state index in [2.05, 4.69) is 14.7 Å². The second kappa shape index (κ2) is 4.17. The van der Waals surface area contributed by atoms with E-state index in [1.807, 2.05) is 0 Å². The van der Waals surface area contributed by atoms with Crippen LogP contribution in [0.4, 0.5) is 0 Å². The molecule has 0 saturated carbocycles. The molecule has 1 aromatic rings. The molecule has 0 bridgehead atoms. The lowest BCUT2D eigenvalue weighted by atomic mass is 9.78. The summed E-state index contributed by atoms with van der Waals surface area (Å²) in [4.78, 5) is 19.5. The van der Waals surface area contributed by atoms with E-state index in [0.717, 1.165) is 30.5 Å². The van der Waals surface area contributed by atoms with Crippen LogP contribution >= 0.6 is 0 Å². The Morgan fingerprint density at radius 3 is 3.25 bits per heavy atom. The Morgan fingerprint density at radius 2 is 2.50 bits per heavy atom. The Kier molecular flexibility index (Phi) is 2.87. The first-order chi connectivity index (χ1) is 7.65. The minimum Gasteiger partial charge on any atom is -0.469 e. The summed E-state index contributed by atoms with van der Waals surface area (Å²) >= 11 is 0. The third kappa shape index (κ3) is 1.90. The van der Waals surface area contributed by atoms with Crippen molar-refractivity contribution in [2.24, 2.45) is 5.73 Å². The monoisotopic (exact) mass is 221 g/mol. The van der Waals surface area contributed by atoms with E-state index in [1.165, 1.54) is 13.4 Å². The maximum atomic E-state index is 11.4. The summed E-state index contributed by atoms with van der Waals surface area (Å²) in [6.45, 7) is 0. The number of methoxy groups -OCH3 is 1. The molecule has 0 aromatic carbocycles. The van der Waals surface area contributed by atoms with Crippen LogP contribution in [0.1, 0.15) is 30.5 Å². The van der Waals surface area contributed by atoms with Crippen molar-refractivity contribution in [1.82, 2.24) is 9.97 Å². The molecule has 0 fully saturated rings. The van der Waals surface area contributed by atoms with Crippen molar-refractivity contribution < 1.29 is 9.53 Å². The van der Waals surface area contributed by atoms with Crippen LogP contribution < -0.4 is 5.73 Å². The number of nitrogens with zero attached hydrogens (tertiary/aromatic N) is 2. The van der Waals surface area contributed by atoms with Gasteiger partial charge in [-0.25, -0.2) is 9.97 Å². The summed E-state index contributed by atoms with van der Waals surface area (Å²) in [6, 6.07) is 0. The number of hydrogen-bond acceptors (Lipinski definition) is 5. The molecule has 1 aliphatic carbocycles. The van der Waals surface area contributed by atoms with Crippen LogP contribution in [0.5, 0.6) is 0 Å². The molecule has 1 heterocycles. The van der Waals surface area contributed by atoms with Crippen molar-refractivity contribution in [1.29, 1.82) is 0 Å². The average Bonchev–Trinajstić information content (AvgIpc) is 2.29. The number of fused-ring (bicyclic) bond motifs is 1. The van der Waals surface area contributed by atoms with E-state index in [0.29, 0.717) is 0 Å². The Hall–Kier alpha value is -1.49. The van der Waals surface area contributed by atoms with Gasteiger partial charge < -0.3 is 10.5 Å². The standard InChI is InChI=1S/C11H15N3O2/c1-16-10(15)5-11(12)4-2-3-9-8(11)6-13-7-14-9/h6-7H,2-5,12H2,1H3/t11-/m0/s1. The van der Waals surface area contributed by atoms with Gasteiger partial charge in [-0.3, -0.25) is 4.79 Å². The molecule has 1 aliphatic rings. The van der Waals surface area contributed by atoms with Gasteiger partial charge in [0.1, 0.15) is 6.33 Å². The van der Waals surface area contributed by atoms with Crippen molar-refractivity contribution >= 4 is 5.97 Å². The van der Waals surface area contributed by atoms with E-state index in [1.54, 1.807) is 6.20 Å². The number of esters is 1. The normalized spacial score (nSPS) is 23.6. The van der Waals surface area contributed by atoms with Crippen LogP contribution in [-0.2, 0) is 21.5 Å². The van der Waals surface area contributed by atoms with E-state index >= 15 is 0 Å². The molecule has 0 aliphatic heterocycles. The highest BCUT2D eigenvalue weighted by Gasteiger charge is 2.36. The number of aryl methyl sites for hydroxylation is 1. The number of carbonyl (C=O) groups is 1. The zero-order valence-electron chi connectivity index (χ0n) is 9.27. The van der Waals surface area contributed by atoms with Gasteiger partial charge in [0.2, 0.25) is 0 Å². The molecule has 5 heteroatoms. The number of hydrogen-bond donors (Lipinski definition) is 1. The Balaban J connectivity index is 2.32. The van der Waals surface area contributed by atoms with Crippen LogP contribution in [0.15, 0.2) is 12.5 Å². The van der Waals surface area contributed by atoms with Crippen molar-refractivity contribution in [3.05, 3.63) is 23.8 Å². The van der Waals surface area contributed by atoms with Gasteiger partial charge >= 0.3 is 5.97 Å². The number of nitrogens with two attached hydrogens (primary N) is 1. The number of rotatable bonds is 2. The highest BCUT2D eigenvalue weighted by atomic mass is 16.5. The molecular formula is C11H15N3O2. The van der Waals surface area contributed by atoms with E-state index in [4.69, 9.17) is 5.73 Å². The Morgan fingerprint density at radius 1 is 1.69 bits per heavy atom. The maximum Gasteiger partial charge on any atom is 0.307 e. The molecule has 16 heavy (non-hydrogen) atoms. The van der Waals surface area contributed by atoms with E-state index in [9.17, 15) is 4.79 Å². The summed E-state index contributed by atoms with van der Waals surface area (Å²) in [5.74, 6) is -0.292. The van der Waals surface area contributed by atoms with Crippen molar-refractivity contribution in [3.63, 3.8) is 0 Å². The fourth-order valence-electron chi connectivity index (χ4n) is 2.19. The SMILES string of the molecule is COC(=O)C[C@@]1(N)CCCc2ncncc21. The van der Waals surface area contributed by atoms with Gasteiger partial charge in [-0.15, -0.1) is 0 Å². The zero-order chi connectivity index (χ0) is 11.6. The average molecular weight is 221 g/mol. The third-order valence-electron chi connectivity index (χ3n) is 3.06. The van der Waals surface area contributed by atoms with Gasteiger partial charge in [0.15, 0.2) is 0 Å². The summed E-state index contributed by atoms with van der Waals surface area (Å²) in [5, 5.41) is 0. The fraction of sp³-hybridized carbons (Fsp3) is 0.545. The van der Waals surface area contributed by atoms with Gasteiger partial charge in [-0.1, -0.05) is 0 Å². The van der Waals surface area contributed by atoms with Crippen molar-refractivity contribution in [3.8, 4) is 0 Å². The predicted octanol–water partition coefficient (Wildman–Crippen LogP) is 0.530. The molecule has 86 valence electrons. The topological polar surface area (TPSA) is 78.1 Å². The molecule has 2 rings (SSSR count). The quantitative estimate of drug-likeness (QED) is 0.737. The molecule has 0 saturated heterocycles. The number of carbonyl (C=O) groups excluding carboxylic acids is 1. The fourth-order valence-corrected chi connectivity index (χ4v) is 2.19. The third-order valence-corrected chi connectivity index (χ3v) is 3.06. The predicted molar refractivity (Wildman–Crippen MR) is 57.5 cm³/mol. The Bertz CT molecular complexity index is 408. The minimum absolute atomic E-state index is 0.184. The maximum absolute atomic E-state index is 11.4. The van der Waals surface area contributed by atoms with Gasteiger partial charge in [0, 0.05) is 17.5 Å². The summed E-state index contributed by atoms with van der Waals surface area (Å²) in [5.41, 5.74) is 7.43.